The SMILES string of the molecule is NC1(c2ccc(F)cc2)CCC(Oc2cc3ccnc(OCc4ccccc4)c3cc2Cl)CC1. The fourth-order valence-corrected chi connectivity index (χ4v) is 4.76. The Balaban J connectivity index is 1.28. The summed E-state index contributed by atoms with van der Waals surface area (Å²) in [7, 11) is 0. The Morgan fingerprint density at radius 2 is 1.74 bits per heavy atom. The summed E-state index contributed by atoms with van der Waals surface area (Å²) in [6, 6.07) is 22.2. The number of rotatable bonds is 6. The van der Waals surface area contributed by atoms with Gasteiger partial charge in [0.15, 0.2) is 0 Å². The van der Waals surface area contributed by atoms with Gasteiger partial charge >= 0.3 is 0 Å². The number of hydrogen-bond acceptors (Lipinski definition) is 4. The maximum atomic E-state index is 13.3. The van der Waals surface area contributed by atoms with E-state index in [4.69, 9.17) is 26.8 Å². The average molecular weight is 477 g/mol. The first kappa shape index (κ1) is 22.6. The van der Waals surface area contributed by atoms with Crippen LogP contribution in [-0.4, -0.2) is 11.1 Å². The second kappa shape index (κ2) is 9.61. The minimum atomic E-state index is -0.461. The lowest BCUT2D eigenvalue weighted by Crippen LogP contribution is -2.42. The predicted octanol–water partition coefficient (Wildman–Crippen LogP) is 6.78. The summed E-state index contributed by atoms with van der Waals surface area (Å²) >= 11 is 6.61. The number of nitrogens with zero attached hydrogens (tertiary/aromatic N) is 1. The van der Waals surface area contributed by atoms with Crippen LogP contribution in [0.1, 0.15) is 36.8 Å². The largest absolute Gasteiger partial charge is 0.489 e. The van der Waals surface area contributed by atoms with E-state index in [1.54, 1.807) is 18.3 Å². The van der Waals surface area contributed by atoms with Crippen molar-refractivity contribution < 1.29 is 13.9 Å². The molecule has 5 rings (SSSR count). The number of fused-ring (bicyclic) bond motifs is 1. The minimum absolute atomic E-state index is 0.0164. The molecule has 0 unspecified atom stereocenters. The van der Waals surface area contributed by atoms with Crippen LogP contribution < -0.4 is 15.2 Å². The van der Waals surface area contributed by atoms with Gasteiger partial charge in [0, 0.05) is 17.1 Å². The van der Waals surface area contributed by atoms with Gasteiger partial charge < -0.3 is 15.2 Å². The van der Waals surface area contributed by atoms with Gasteiger partial charge in [-0.25, -0.2) is 9.37 Å². The van der Waals surface area contributed by atoms with Crippen molar-refractivity contribution in [1.29, 1.82) is 0 Å². The van der Waals surface area contributed by atoms with Crippen LogP contribution in [0.2, 0.25) is 5.02 Å². The van der Waals surface area contributed by atoms with Crippen LogP contribution in [0.4, 0.5) is 4.39 Å². The summed E-state index contributed by atoms with van der Waals surface area (Å²) in [6.07, 6.45) is 4.86. The van der Waals surface area contributed by atoms with E-state index in [0.29, 0.717) is 23.3 Å². The summed E-state index contributed by atoms with van der Waals surface area (Å²) in [6.45, 7) is 0.430. The highest BCUT2D eigenvalue weighted by atomic mass is 35.5. The van der Waals surface area contributed by atoms with E-state index in [2.05, 4.69) is 4.98 Å². The molecule has 1 aromatic heterocycles. The quantitative estimate of drug-likeness (QED) is 0.333. The van der Waals surface area contributed by atoms with Gasteiger partial charge in [-0.2, -0.15) is 0 Å². The van der Waals surface area contributed by atoms with Crippen LogP contribution in [-0.2, 0) is 12.1 Å². The molecule has 2 N–H and O–H groups in total. The summed E-state index contributed by atoms with van der Waals surface area (Å²) < 4.78 is 25.6. The van der Waals surface area contributed by atoms with E-state index in [0.717, 1.165) is 47.6 Å². The number of aromatic nitrogens is 1. The molecule has 1 saturated carbocycles. The molecule has 4 nitrogen and oxygen atoms in total. The number of nitrogens with two attached hydrogens (primary N) is 1. The van der Waals surface area contributed by atoms with Crippen molar-refractivity contribution in [3.05, 3.63) is 101 Å². The molecule has 0 bridgehead atoms. The second-order valence-corrected chi connectivity index (χ2v) is 9.28. The first-order valence-electron chi connectivity index (χ1n) is 11.5. The first-order valence-corrected chi connectivity index (χ1v) is 11.8. The van der Waals surface area contributed by atoms with Gasteiger partial charge in [0.05, 0.1) is 11.1 Å². The molecule has 1 aliphatic carbocycles. The molecule has 4 aromatic rings. The predicted molar refractivity (Wildman–Crippen MR) is 133 cm³/mol. The van der Waals surface area contributed by atoms with E-state index in [-0.39, 0.29) is 11.9 Å². The van der Waals surface area contributed by atoms with Crippen LogP contribution in [0.3, 0.4) is 0 Å². The molecule has 0 spiro atoms. The topological polar surface area (TPSA) is 57.4 Å². The van der Waals surface area contributed by atoms with E-state index in [1.807, 2.05) is 48.5 Å². The molecular formula is C28H26ClFN2O2. The van der Waals surface area contributed by atoms with E-state index in [1.165, 1.54) is 12.1 Å². The van der Waals surface area contributed by atoms with Gasteiger partial charge in [-0.1, -0.05) is 54.1 Å². The van der Waals surface area contributed by atoms with Crippen molar-refractivity contribution >= 4 is 22.4 Å². The van der Waals surface area contributed by atoms with Crippen molar-refractivity contribution in [2.75, 3.05) is 0 Å². The van der Waals surface area contributed by atoms with Gasteiger partial charge in [0.25, 0.3) is 0 Å². The van der Waals surface area contributed by atoms with Gasteiger partial charge in [-0.05, 0) is 72.5 Å². The first-order chi connectivity index (χ1) is 16.5. The van der Waals surface area contributed by atoms with Crippen molar-refractivity contribution in [1.82, 2.24) is 4.98 Å². The van der Waals surface area contributed by atoms with Gasteiger partial charge in [0.2, 0.25) is 5.88 Å². The lowest BCUT2D eigenvalue weighted by atomic mass is 9.76. The Morgan fingerprint density at radius 1 is 1.00 bits per heavy atom. The standard InChI is InChI=1S/C28H26ClFN2O2/c29-25-17-24-20(12-15-32-27(24)33-18-19-4-2-1-3-5-19)16-26(25)34-23-10-13-28(31,14-11-23)21-6-8-22(30)9-7-21/h1-9,12,15-17,23H,10-11,13-14,18,31H2. The third kappa shape index (κ3) is 4.86. The Kier molecular flexibility index (Phi) is 6.40. The third-order valence-corrected chi connectivity index (χ3v) is 6.83. The molecule has 1 heterocycles. The normalized spacial score (nSPS) is 20.3. The fraction of sp³-hybridized carbons (Fsp3) is 0.250. The van der Waals surface area contributed by atoms with E-state index >= 15 is 0 Å². The monoisotopic (exact) mass is 476 g/mol. The minimum Gasteiger partial charge on any atom is -0.489 e. The third-order valence-electron chi connectivity index (χ3n) is 6.54. The van der Waals surface area contributed by atoms with Crippen LogP contribution in [0.15, 0.2) is 79.0 Å². The van der Waals surface area contributed by atoms with Gasteiger partial charge in [-0.15, -0.1) is 0 Å². The van der Waals surface area contributed by atoms with Gasteiger partial charge in [0.1, 0.15) is 18.2 Å². The van der Waals surface area contributed by atoms with Crippen molar-refractivity contribution in [3.63, 3.8) is 0 Å². The number of hydrogen-bond donors (Lipinski definition) is 1. The Bertz CT molecular complexity index is 1270. The van der Waals surface area contributed by atoms with Crippen molar-refractivity contribution in [2.24, 2.45) is 5.73 Å². The number of halogens is 2. The Morgan fingerprint density at radius 3 is 2.47 bits per heavy atom. The summed E-state index contributed by atoms with van der Waals surface area (Å²) in [5.41, 5.74) is 8.23. The number of benzene rings is 3. The lowest BCUT2D eigenvalue weighted by Gasteiger charge is -2.37. The molecule has 0 aliphatic heterocycles. The van der Waals surface area contributed by atoms with Crippen molar-refractivity contribution in [2.45, 2.75) is 43.9 Å². The second-order valence-electron chi connectivity index (χ2n) is 8.87. The molecule has 1 aliphatic rings. The Labute approximate surface area is 203 Å². The highest BCUT2D eigenvalue weighted by Gasteiger charge is 2.34. The fourth-order valence-electron chi connectivity index (χ4n) is 4.55. The summed E-state index contributed by atoms with van der Waals surface area (Å²) in [4.78, 5) is 4.40. The molecule has 174 valence electrons. The summed E-state index contributed by atoms with van der Waals surface area (Å²) in [5, 5.41) is 2.32. The van der Waals surface area contributed by atoms with Crippen LogP contribution in [0, 0.1) is 5.82 Å². The smallest absolute Gasteiger partial charge is 0.221 e. The van der Waals surface area contributed by atoms with Crippen LogP contribution >= 0.6 is 11.6 Å². The molecule has 6 heteroatoms. The molecule has 0 radical (unpaired) electrons. The van der Waals surface area contributed by atoms with Crippen molar-refractivity contribution in [3.8, 4) is 11.6 Å². The molecule has 1 fully saturated rings. The molecule has 0 saturated heterocycles. The zero-order valence-corrected chi connectivity index (χ0v) is 19.5. The maximum Gasteiger partial charge on any atom is 0.221 e. The molecule has 0 atom stereocenters. The maximum absolute atomic E-state index is 13.3. The molecular weight excluding hydrogens is 451 g/mol. The highest BCUT2D eigenvalue weighted by Crippen LogP contribution is 2.39. The molecule has 3 aromatic carbocycles. The van der Waals surface area contributed by atoms with E-state index in [9.17, 15) is 4.39 Å². The van der Waals surface area contributed by atoms with Crippen LogP contribution in [0.5, 0.6) is 11.6 Å². The summed E-state index contributed by atoms with van der Waals surface area (Å²) in [5.74, 6) is 0.935. The lowest BCUT2D eigenvalue weighted by molar-refractivity contribution is 0.118. The Hall–Kier alpha value is -3.15. The average Bonchev–Trinajstić information content (AvgIpc) is 2.86. The highest BCUT2D eigenvalue weighted by molar-refractivity contribution is 6.33. The van der Waals surface area contributed by atoms with E-state index < -0.39 is 5.54 Å². The molecule has 34 heavy (non-hydrogen) atoms. The van der Waals surface area contributed by atoms with Gasteiger partial charge in [-0.3, -0.25) is 0 Å². The molecule has 0 amide bonds. The van der Waals surface area contributed by atoms with Crippen LogP contribution in [0.25, 0.3) is 10.8 Å². The number of ether oxygens (including phenoxy) is 2. The number of pyridine rings is 1. The zero-order valence-electron chi connectivity index (χ0n) is 18.7. The zero-order chi connectivity index (χ0) is 23.5.